The van der Waals surface area contributed by atoms with Crippen LogP contribution in [-0.4, -0.2) is 28.9 Å². The number of methoxy groups -OCH3 is 1. The van der Waals surface area contributed by atoms with E-state index < -0.39 is 29.3 Å². The van der Waals surface area contributed by atoms with Crippen molar-refractivity contribution in [2.45, 2.75) is 6.04 Å². The summed E-state index contributed by atoms with van der Waals surface area (Å²) >= 11 is 0. The third-order valence-corrected chi connectivity index (χ3v) is 5.16. The minimum absolute atomic E-state index is 0.0515. The Kier molecular flexibility index (Phi) is 5.39. The van der Waals surface area contributed by atoms with Crippen LogP contribution in [0.25, 0.3) is 5.76 Å². The van der Waals surface area contributed by atoms with Crippen molar-refractivity contribution in [3.8, 4) is 11.8 Å². The summed E-state index contributed by atoms with van der Waals surface area (Å²) in [5, 5.41) is 20.2. The summed E-state index contributed by atoms with van der Waals surface area (Å²) in [6.07, 6.45) is 2.99. The molecule has 0 bridgehead atoms. The van der Waals surface area contributed by atoms with Gasteiger partial charge < -0.3 is 9.84 Å². The van der Waals surface area contributed by atoms with Crippen LogP contribution < -0.4 is 9.64 Å². The first-order valence-electron chi connectivity index (χ1n) is 9.51. The molecule has 1 aliphatic heterocycles. The molecule has 3 aromatic rings. The van der Waals surface area contributed by atoms with E-state index in [4.69, 9.17) is 10.00 Å². The van der Waals surface area contributed by atoms with E-state index >= 15 is 0 Å². The van der Waals surface area contributed by atoms with Crippen molar-refractivity contribution in [2.75, 3.05) is 12.0 Å². The highest BCUT2D eigenvalue weighted by molar-refractivity contribution is 6.51. The smallest absolute Gasteiger partial charge is 0.300 e. The van der Waals surface area contributed by atoms with E-state index in [1.165, 1.54) is 42.6 Å². The number of nitrogens with zero attached hydrogens (tertiary/aromatic N) is 3. The molecule has 8 heteroatoms. The van der Waals surface area contributed by atoms with Crippen LogP contribution in [0.5, 0.6) is 5.75 Å². The Morgan fingerprint density at radius 3 is 2.44 bits per heavy atom. The molecule has 7 nitrogen and oxygen atoms in total. The molecule has 0 saturated carbocycles. The standard InChI is InChI=1S/C24H16FN3O4/c1-32-19-7-4-16(25)12-18(19)22(29)20-21(15-8-10-27-11-9-15)28(24(31)23(20)30)17-5-2-14(13-26)3-6-17/h2-12,21,29H,1H3/b22-20+. The van der Waals surface area contributed by atoms with E-state index in [1.54, 1.807) is 24.3 Å². The number of Topliss-reactive ketones (excluding diaryl/α,β-unsaturated/α-hetero) is 1. The number of nitriles is 1. The fourth-order valence-electron chi connectivity index (χ4n) is 3.67. The first-order valence-corrected chi connectivity index (χ1v) is 9.51. The number of hydrogen-bond donors (Lipinski definition) is 1. The second-order valence-electron chi connectivity index (χ2n) is 6.95. The zero-order valence-electron chi connectivity index (χ0n) is 16.8. The van der Waals surface area contributed by atoms with Crippen molar-refractivity contribution in [1.29, 1.82) is 5.26 Å². The SMILES string of the molecule is COc1ccc(F)cc1/C(O)=C1\C(=O)C(=O)N(c2ccc(C#N)cc2)C1c1ccncc1. The van der Waals surface area contributed by atoms with Crippen LogP contribution in [0.4, 0.5) is 10.1 Å². The van der Waals surface area contributed by atoms with Gasteiger partial charge in [0.2, 0.25) is 0 Å². The van der Waals surface area contributed by atoms with Crippen LogP contribution >= 0.6 is 0 Å². The van der Waals surface area contributed by atoms with Crippen LogP contribution in [0.2, 0.25) is 0 Å². The highest BCUT2D eigenvalue weighted by atomic mass is 19.1. The van der Waals surface area contributed by atoms with Gasteiger partial charge in [0.15, 0.2) is 0 Å². The molecule has 1 aliphatic rings. The topological polar surface area (TPSA) is 104 Å². The molecular formula is C24H16FN3O4. The zero-order chi connectivity index (χ0) is 22.8. The van der Waals surface area contributed by atoms with E-state index in [0.717, 1.165) is 12.1 Å². The Balaban J connectivity index is 1.96. The predicted octanol–water partition coefficient (Wildman–Crippen LogP) is 3.73. The summed E-state index contributed by atoms with van der Waals surface area (Å²) < 4.78 is 19.2. The number of aliphatic hydroxyl groups excluding tert-OH is 1. The minimum atomic E-state index is -1.00. The summed E-state index contributed by atoms with van der Waals surface area (Å²) in [7, 11) is 1.35. The number of hydrogen-bond acceptors (Lipinski definition) is 6. The molecule has 0 spiro atoms. The van der Waals surface area contributed by atoms with E-state index in [2.05, 4.69) is 4.98 Å². The number of benzene rings is 2. The average Bonchev–Trinajstić information content (AvgIpc) is 3.09. The summed E-state index contributed by atoms with van der Waals surface area (Å²) in [6.45, 7) is 0. The van der Waals surface area contributed by atoms with E-state index in [9.17, 15) is 19.1 Å². The first-order chi connectivity index (χ1) is 15.5. The molecule has 1 aromatic heterocycles. The van der Waals surface area contributed by atoms with Gasteiger partial charge in [-0.2, -0.15) is 5.26 Å². The van der Waals surface area contributed by atoms with Crippen molar-refractivity contribution in [2.24, 2.45) is 0 Å². The van der Waals surface area contributed by atoms with Gasteiger partial charge in [-0.3, -0.25) is 19.5 Å². The van der Waals surface area contributed by atoms with Gasteiger partial charge in [-0.05, 0) is 60.2 Å². The van der Waals surface area contributed by atoms with Gasteiger partial charge in [-0.25, -0.2) is 4.39 Å². The van der Waals surface area contributed by atoms with Gasteiger partial charge in [-0.1, -0.05) is 0 Å². The number of amides is 1. The van der Waals surface area contributed by atoms with Gasteiger partial charge in [0.05, 0.1) is 35.9 Å². The van der Waals surface area contributed by atoms with Gasteiger partial charge in [0, 0.05) is 18.1 Å². The third-order valence-electron chi connectivity index (χ3n) is 5.16. The van der Waals surface area contributed by atoms with Crippen LogP contribution in [0, 0.1) is 17.1 Å². The van der Waals surface area contributed by atoms with Crippen molar-refractivity contribution in [3.63, 3.8) is 0 Å². The Bertz CT molecular complexity index is 1280. The lowest BCUT2D eigenvalue weighted by atomic mass is 9.95. The second kappa shape index (κ2) is 8.32. The lowest BCUT2D eigenvalue weighted by Crippen LogP contribution is -2.29. The van der Waals surface area contributed by atoms with Gasteiger partial charge in [-0.15, -0.1) is 0 Å². The highest BCUT2D eigenvalue weighted by Crippen LogP contribution is 2.43. The van der Waals surface area contributed by atoms with Crippen LogP contribution in [0.15, 0.2) is 72.6 Å². The molecule has 1 unspecified atom stereocenters. The third kappa shape index (κ3) is 3.46. The van der Waals surface area contributed by atoms with Crippen molar-refractivity contribution >= 4 is 23.1 Å². The lowest BCUT2D eigenvalue weighted by molar-refractivity contribution is -0.132. The fourth-order valence-corrected chi connectivity index (χ4v) is 3.67. The number of anilines is 1. The maximum Gasteiger partial charge on any atom is 0.300 e. The molecule has 1 N–H and O–H groups in total. The van der Waals surface area contributed by atoms with Crippen LogP contribution in [0.1, 0.15) is 22.7 Å². The molecule has 1 saturated heterocycles. The number of aromatic nitrogens is 1. The van der Waals surface area contributed by atoms with Crippen LogP contribution in [-0.2, 0) is 9.59 Å². The Morgan fingerprint density at radius 1 is 1.12 bits per heavy atom. The molecule has 0 aliphatic carbocycles. The van der Waals surface area contributed by atoms with Gasteiger partial charge in [0.1, 0.15) is 17.3 Å². The molecule has 1 atom stereocenters. The number of aliphatic hydroxyl groups is 1. The lowest BCUT2D eigenvalue weighted by Gasteiger charge is -2.25. The number of ether oxygens (including phenoxy) is 1. The molecule has 2 aromatic carbocycles. The Labute approximate surface area is 182 Å². The number of carbonyl (C=O) groups excluding carboxylic acids is 2. The number of pyridine rings is 1. The number of ketones is 1. The normalized spacial score (nSPS) is 17.3. The first kappa shape index (κ1) is 20.8. The maximum atomic E-state index is 14.0. The molecule has 1 amide bonds. The second-order valence-corrected chi connectivity index (χ2v) is 6.95. The predicted molar refractivity (Wildman–Crippen MR) is 113 cm³/mol. The van der Waals surface area contributed by atoms with E-state index in [-0.39, 0.29) is 16.9 Å². The van der Waals surface area contributed by atoms with Crippen molar-refractivity contribution < 1.29 is 23.8 Å². The molecule has 1 fully saturated rings. The minimum Gasteiger partial charge on any atom is -0.507 e. The largest absolute Gasteiger partial charge is 0.507 e. The summed E-state index contributed by atoms with van der Waals surface area (Å²) in [6, 6.07) is 13.9. The van der Waals surface area contributed by atoms with Crippen LogP contribution in [0.3, 0.4) is 0 Å². The summed E-state index contributed by atoms with van der Waals surface area (Å²) in [5.74, 6) is -2.86. The zero-order valence-corrected chi connectivity index (χ0v) is 16.8. The molecule has 158 valence electrons. The van der Waals surface area contributed by atoms with E-state index in [1.807, 2.05) is 6.07 Å². The molecule has 4 rings (SSSR count). The number of rotatable bonds is 4. The van der Waals surface area contributed by atoms with Gasteiger partial charge in [0.25, 0.3) is 11.7 Å². The Hall–Kier alpha value is -4.51. The fraction of sp³-hybridized carbons (Fsp3) is 0.0833. The molecule has 2 heterocycles. The quantitative estimate of drug-likeness (QED) is 0.385. The molecule has 32 heavy (non-hydrogen) atoms. The maximum absolute atomic E-state index is 14.0. The van der Waals surface area contributed by atoms with Crippen molar-refractivity contribution in [3.05, 3.63) is 95.1 Å². The monoisotopic (exact) mass is 429 g/mol. The van der Waals surface area contributed by atoms with Crippen molar-refractivity contribution in [1.82, 2.24) is 4.98 Å². The van der Waals surface area contributed by atoms with Gasteiger partial charge >= 0.3 is 0 Å². The van der Waals surface area contributed by atoms with E-state index in [0.29, 0.717) is 16.8 Å². The molecular weight excluding hydrogens is 413 g/mol. The average molecular weight is 429 g/mol. The highest BCUT2D eigenvalue weighted by Gasteiger charge is 2.47. The Morgan fingerprint density at radius 2 is 1.81 bits per heavy atom. The number of halogens is 1. The number of carbonyl (C=O) groups is 2. The molecule has 0 radical (unpaired) electrons. The summed E-state index contributed by atoms with van der Waals surface area (Å²) in [5.41, 5.74) is 0.993. The summed E-state index contributed by atoms with van der Waals surface area (Å²) in [4.78, 5) is 31.3.